The molecule has 1 aliphatic heterocycles. The van der Waals surface area contributed by atoms with Gasteiger partial charge in [0.05, 0.1) is 16.7 Å². The van der Waals surface area contributed by atoms with Crippen molar-refractivity contribution in [1.82, 2.24) is 19.6 Å². The summed E-state index contributed by atoms with van der Waals surface area (Å²) < 4.78 is 1.95. The molecule has 0 unspecified atom stereocenters. The third-order valence-electron chi connectivity index (χ3n) is 5.28. The molecule has 0 spiro atoms. The van der Waals surface area contributed by atoms with Gasteiger partial charge in [-0.05, 0) is 38.8 Å². The van der Waals surface area contributed by atoms with E-state index in [1.165, 1.54) is 0 Å². The molecule has 1 saturated heterocycles. The molecule has 2 aromatic heterocycles. The highest BCUT2D eigenvalue weighted by molar-refractivity contribution is 5.99. The highest BCUT2D eigenvalue weighted by Crippen LogP contribution is 2.24. The average molecular weight is 389 g/mol. The van der Waals surface area contributed by atoms with Crippen molar-refractivity contribution in [3.63, 3.8) is 0 Å². The number of aliphatic hydroxyl groups is 2. The summed E-state index contributed by atoms with van der Waals surface area (Å²) in [5.74, 6) is 0.781. The summed E-state index contributed by atoms with van der Waals surface area (Å²) in [6.07, 6.45) is 3.04. The molecule has 0 aromatic carbocycles. The minimum atomic E-state index is -0.928. The van der Waals surface area contributed by atoms with Crippen LogP contribution >= 0.6 is 0 Å². The molecule has 2 aromatic rings. The largest absolute Gasteiger partial charge is 0.389 e. The van der Waals surface area contributed by atoms with Gasteiger partial charge in [0.2, 0.25) is 0 Å². The smallest absolute Gasteiger partial charge is 0.272 e. The Hall–Kier alpha value is -1.96. The van der Waals surface area contributed by atoms with E-state index in [1.807, 2.05) is 42.6 Å². The van der Waals surface area contributed by atoms with Crippen molar-refractivity contribution in [2.24, 2.45) is 0 Å². The number of carbonyl (C=O) groups is 1. The van der Waals surface area contributed by atoms with Crippen LogP contribution < -0.4 is 5.32 Å². The molecule has 3 rings (SSSR count). The van der Waals surface area contributed by atoms with Gasteiger partial charge in [-0.25, -0.2) is 4.98 Å². The van der Waals surface area contributed by atoms with Crippen LogP contribution in [0.2, 0.25) is 0 Å². The van der Waals surface area contributed by atoms with E-state index >= 15 is 0 Å². The maximum absolute atomic E-state index is 12.8. The average Bonchev–Trinajstić information content (AvgIpc) is 3.01. The lowest BCUT2D eigenvalue weighted by Crippen LogP contribution is -2.53. The Bertz CT molecular complexity index is 830. The van der Waals surface area contributed by atoms with E-state index in [4.69, 9.17) is 0 Å². The molecule has 1 amide bonds. The van der Waals surface area contributed by atoms with Crippen molar-refractivity contribution in [1.29, 1.82) is 0 Å². The zero-order valence-corrected chi connectivity index (χ0v) is 17.3. The Labute approximate surface area is 166 Å². The third-order valence-corrected chi connectivity index (χ3v) is 5.28. The van der Waals surface area contributed by atoms with Crippen LogP contribution in [0.5, 0.6) is 0 Å². The van der Waals surface area contributed by atoms with Gasteiger partial charge in [0.25, 0.3) is 5.91 Å². The van der Waals surface area contributed by atoms with E-state index in [0.29, 0.717) is 38.2 Å². The van der Waals surface area contributed by atoms with E-state index in [1.54, 1.807) is 13.8 Å². The lowest BCUT2D eigenvalue weighted by Gasteiger charge is -2.40. The summed E-state index contributed by atoms with van der Waals surface area (Å²) >= 11 is 0. The Morgan fingerprint density at radius 1 is 1.32 bits per heavy atom. The molecule has 0 saturated carbocycles. The first-order valence-electron chi connectivity index (χ1n) is 10.0. The number of hydrogen-bond acceptors (Lipinski definition) is 5. The topological polar surface area (TPSA) is 90.1 Å². The minimum absolute atomic E-state index is 0.195. The molecule has 0 bridgehead atoms. The van der Waals surface area contributed by atoms with E-state index in [-0.39, 0.29) is 18.4 Å². The third kappa shape index (κ3) is 4.71. The number of fused-ring (bicyclic) bond motifs is 1. The number of aromatic nitrogens is 2. The molecule has 0 radical (unpaired) electrons. The number of piperidine rings is 1. The first-order valence-corrected chi connectivity index (χ1v) is 10.0. The molecule has 0 aliphatic carbocycles. The van der Waals surface area contributed by atoms with Crippen molar-refractivity contribution in [3.05, 3.63) is 35.9 Å². The number of nitrogens with zero attached hydrogens (tertiary/aromatic N) is 3. The number of nitrogens with one attached hydrogen (secondary N) is 1. The molecule has 1 fully saturated rings. The fraction of sp³-hybridized carbons (Fsp3) is 0.619. The zero-order valence-electron chi connectivity index (χ0n) is 17.3. The van der Waals surface area contributed by atoms with Crippen molar-refractivity contribution < 1.29 is 15.0 Å². The summed E-state index contributed by atoms with van der Waals surface area (Å²) in [5, 5.41) is 23.7. The van der Waals surface area contributed by atoms with Crippen molar-refractivity contribution in [2.45, 2.75) is 57.7 Å². The number of β-amino-alcohol motifs (C(OH)–C–C–N with tert-alkyl or cyclic N) is 1. The highest BCUT2D eigenvalue weighted by atomic mass is 16.3. The van der Waals surface area contributed by atoms with Gasteiger partial charge in [0.1, 0.15) is 5.82 Å². The van der Waals surface area contributed by atoms with E-state index in [2.05, 4.69) is 15.2 Å². The van der Waals surface area contributed by atoms with E-state index in [0.717, 1.165) is 11.3 Å². The zero-order chi connectivity index (χ0) is 20.5. The predicted molar refractivity (Wildman–Crippen MR) is 109 cm³/mol. The first-order chi connectivity index (χ1) is 13.1. The van der Waals surface area contributed by atoms with Crippen LogP contribution in [0.15, 0.2) is 24.4 Å². The number of pyridine rings is 1. The summed E-state index contributed by atoms with van der Waals surface area (Å²) in [7, 11) is 0. The van der Waals surface area contributed by atoms with E-state index < -0.39 is 11.2 Å². The molecule has 28 heavy (non-hydrogen) atoms. The molecule has 7 heteroatoms. The second-order valence-electron chi connectivity index (χ2n) is 8.92. The van der Waals surface area contributed by atoms with Crippen LogP contribution in [0.25, 0.3) is 5.52 Å². The van der Waals surface area contributed by atoms with Crippen LogP contribution in [-0.2, 0) is 0 Å². The quantitative estimate of drug-likeness (QED) is 0.702. The molecule has 0 atom stereocenters. The standard InChI is InChI=1S/C21H32N4O3/c1-15(2)18-23-17(16-7-5-6-10-25(16)18)19(26)22-13-21(28)8-11-24(12-9-21)14-20(3,4)27/h5-7,10,15,27-28H,8-9,11-14H2,1-4H3,(H,22,26). The van der Waals surface area contributed by atoms with Gasteiger partial charge in [-0.3, -0.25) is 4.79 Å². The summed E-state index contributed by atoms with van der Waals surface area (Å²) in [4.78, 5) is 19.5. The maximum Gasteiger partial charge on any atom is 0.272 e. The van der Waals surface area contributed by atoms with Crippen LogP contribution in [0, 0.1) is 0 Å². The summed E-state index contributed by atoms with van der Waals surface area (Å²) in [5.41, 5.74) is -0.509. The van der Waals surface area contributed by atoms with Gasteiger partial charge in [-0.2, -0.15) is 0 Å². The minimum Gasteiger partial charge on any atom is -0.389 e. The van der Waals surface area contributed by atoms with Gasteiger partial charge in [-0.15, -0.1) is 0 Å². The molecule has 1 aliphatic rings. The van der Waals surface area contributed by atoms with Gasteiger partial charge in [0, 0.05) is 38.3 Å². The maximum atomic E-state index is 12.8. The number of rotatable bonds is 6. The second-order valence-corrected chi connectivity index (χ2v) is 8.92. The number of imidazole rings is 1. The Balaban J connectivity index is 1.64. The molecular weight excluding hydrogens is 356 g/mol. The normalized spacial score (nSPS) is 18.0. The number of carbonyl (C=O) groups excluding carboxylic acids is 1. The van der Waals surface area contributed by atoms with Crippen LogP contribution in [0.4, 0.5) is 0 Å². The monoisotopic (exact) mass is 388 g/mol. The Kier molecular flexibility index (Phi) is 5.79. The Morgan fingerprint density at radius 3 is 2.61 bits per heavy atom. The van der Waals surface area contributed by atoms with Gasteiger partial charge in [0.15, 0.2) is 5.69 Å². The van der Waals surface area contributed by atoms with Crippen molar-refractivity contribution in [3.8, 4) is 0 Å². The second kappa shape index (κ2) is 7.81. The van der Waals surface area contributed by atoms with Crippen molar-refractivity contribution in [2.75, 3.05) is 26.2 Å². The lowest BCUT2D eigenvalue weighted by molar-refractivity contribution is -0.0399. The molecule has 3 N–H and O–H groups in total. The van der Waals surface area contributed by atoms with Crippen LogP contribution in [-0.4, -0.2) is 67.8 Å². The fourth-order valence-corrected chi connectivity index (χ4v) is 3.82. The Morgan fingerprint density at radius 2 is 2.00 bits per heavy atom. The van der Waals surface area contributed by atoms with Gasteiger partial charge in [-0.1, -0.05) is 19.9 Å². The van der Waals surface area contributed by atoms with Gasteiger partial charge >= 0.3 is 0 Å². The molecular formula is C21H32N4O3. The molecule has 3 heterocycles. The van der Waals surface area contributed by atoms with Crippen molar-refractivity contribution >= 4 is 11.4 Å². The summed E-state index contributed by atoms with van der Waals surface area (Å²) in [6.45, 7) is 9.84. The molecule has 7 nitrogen and oxygen atoms in total. The van der Waals surface area contributed by atoms with Gasteiger partial charge < -0.3 is 24.8 Å². The van der Waals surface area contributed by atoms with Crippen LogP contribution in [0.3, 0.4) is 0 Å². The fourth-order valence-electron chi connectivity index (χ4n) is 3.82. The van der Waals surface area contributed by atoms with E-state index in [9.17, 15) is 15.0 Å². The SMILES string of the molecule is CC(C)c1nc(C(=O)NCC2(O)CCN(CC(C)(C)O)CC2)c2ccccn12. The lowest BCUT2D eigenvalue weighted by atomic mass is 9.90. The number of hydrogen-bond donors (Lipinski definition) is 3. The number of amides is 1. The highest BCUT2D eigenvalue weighted by Gasteiger charge is 2.34. The molecule has 154 valence electrons. The number of likely N-dealkylation sites (tertiary alicyclic amines) is 1. The predicted octanol–water partition coefficient (Wildman–Crippen LogP) is 1.79. The first kappa shape index (κ1) is 20.8. The summed E-state index contributed by atoms with van der Waals surface area (Å²) in [6, 6.07) is 5.70. The van der Waals surface area contributed by atoms with Crippen LogP contribution in [0.1, 0.15) is 62.8 Å².